The number of benzene rings is 1. The van der Waals surface area contributed by atoms with Crippen LogP contribution in [0.5, 0.6) is 0 Å². The SMILES string of the molecule is CCc1ccc(CCNC(=NC)NCCCOCc2ccco2)cc1.I. The van der Waals surface area contributed by atoms with Crippen LogP contribution < -0.4 is 10.6 Å². The second-order valence-corrected chi connectivity index (χ2v) is 5.83. The molecule has 0 spiro atoms. The van der Waals surface area contributed by atoms with Gasteiger partial charge in [0.15, 0.2) is 5.96 Å². The highest BCUT2D eigenvalue weighted by Crippen LogP contribution is 2.05. The van der Waals surface area contributed by atoms with Gasteiger partial charge in [-0.2, -0.15) is 0 Å². The van der Waals surface area contributed by atoms with Crippen LogP contribution in [0.4, 0.5) is 0 Å². The molecule has 0 bridgehead atoms. The summed E-state index contributed by atoms with van der Waals surface area (Å²) in [5.41, 5.74) is 2.72. The maximum Gasteiger partial charge on any atom is 0.190 e. The van der Waals surface area contributed by atoms with Crippen molar-refractivity contribution >= 4 is 29.9 Å². The molecular weight excluding hydrogens is 441 g/mol. The first-order valence-corrected chi connectivity index (χ1v) is 8.94. The second kappa shape index (κ2) is 13.6. The summed E-state index contributed by atoms with van der Waals surface area (Å²) in [4.78, 5) is 4.24. The van der Waals surface area contributed by atoms with Crippen LogP contribution in [0.15, 0.2) is 52.1 Å². The summed E-state index contributed by atoms with van der Waals surface area (Å²) in [6.07, 6.45) is 4.64. The summed E-state index contributed by atoms with van der Waals surface area (Å²) in [6.45, 7) is 5.07. The molecule has 0 aliphatic heterocycles. The van der Waals surface area contributed by atoms with Crippen LogP contribution in [0.1, 0.15) is 30.2 Å². The number of hydrogen-bond acceptors (Lipinski definition) is 3. The standard InChI is InChI=1S/C20H29N3O2.HI/c1-3-17-7-9-18(10-8-17)11-13-23-20(21-2)22-12-5-14-24-16-19-6-4-15-25-19;/h4,6-10,15H,3,5,11-14,16H2,1-2H3,(H2,21,22,23);1H. The zero-order valence-corrected chi connectivity index (χ0v) is 18.0. The third-order valence-electron chi connectivity index (χ3n) is 3.94. The van der Waals surface area contributed by atoms with Gasteiger partial charge in [0.1, 0.15) is 12.4 Å². The molecule has 0 atom stereocenters. The normalized spacial score (nSPS) is 11.1. The van der Waals surface area contributed by atoms with E-state index in [9.17, 15) is 0 Å². The first-order valence-electron chi connectivity index (χ1n) is 8.94. The highest BCUT2D eigenvalue weighted by atomic mass is 127. The van der Waals surface area contributed by atoms with Gasteiger partial charge in [-0.1, -0.05) is 31.2 Å². The minimum Gasteiger partial charge on any atom is -0.467 e. The molecule has 0 unspecified atom stereocenters. The Kier molecular flexibility index (Phi) is 11.8. The summed E-state index contributed by atoms with van der Waals surface area (Å²) in [7, 11) is 1.79. The lowest BCUT2D eigenvalue weighted by molar-refractivity contribution is 0.105. The zero-order chi connectivity index (χ0) is 17.7. The molecule has 144 valence electrons. The maximum atomic E-state index is 5.56. The lowest BCUT2D eigenvalue weighted by atomic mass is 10.1. The van der Waals surface area contributed by atoms with Crippen LogP contribution in [-0.4, -0.2) is 32.7 Å². The molecule has 2 aromatic rings. The van der Waals surface area contributed by atoms with Crippen LogP contribution >= 0.6 is 24.0 Å². The minimum atomic E-state index is 0. The van der Waals surface area contributed by atoms with Gasteiger partial charge in [0.05, 0.1) is 6.26 Å². The fourth-order valence-corrected chi connectivity index (χ4v) is 2.44. The van der Waals surface area contributed by atoms with Crippen molar-refractivity contribution in [3.05, 3.63) is 59.5 Å². The van der Waals surface area contributed by atoms with Gasteiger partial charge in [-0.3, -0.25) is 4.99 Å². The Morgan fingerprint density at radius 3 is 2.46 bits per heavy atom. The summed E-state index contributed by atoms with van der Waals surface area (Å²) >= 11 is 0. The Hall–Kier alpha value is -1.54. The van der Waals surface area contributed by atoms with E-state index in [1.54, 1.807) is 13.3 Å². The topological polar surface area (TPSA) is 58.8 Å². The van der Waals surface area contributed by atoms with Gasteiger partial charge in [0, 0.05) is 26.7 Å². The largest absolute Gasteiger partial charge is 0.467 e. The molecule has 0 saturated carbocycles. The van der Waals surface area contributed by atoms with Gasteiger partial charge >= 0.3 is 0 Å². The van der Waals surface area contributed by atoms with Crippen LogP contribution in [-0.2, 0) is 24.2 Å². The zero-order valence-electron chi connectivity index (χ0n) is 15.7. The molecule has 26 heavy (non-hydrogen) atoms. The third kappa shape index (κ3) is 8.71. The van der Waals surface area contributed by atoms with E-state index in [-0.39, 0.29) is 24.0 Å². The quantitative estimate of drug-likeness (QED) is 0.240. The molecule has 0 saturated heterocycles. The molecule has 0 amide bonds. The molecule has 2 N–H and O–H groups in total. The fourth-order valence-electron chi connectivity index (χ4n) is 2.44. The van der Waals surface area contributed by atoms with E-state index in [0.717, 1.165) is 44.1 Å². The van der Waals surface area contributed by atoms with Gasteiger partial charge in [-0.25, -0.2) is 0 Å². The molecule has 2 rings (SSSR count). The predicted octanol–water partition coefficient (Wildman–Crippen LogP) is 3.77. The highest BCUT2D eigenvalue weighted by Gasteiger charge is 1.99. The Morgan fingerprint density at radius 2 is 1.81 bits per heavy atom. The molecular formula is C20H30IN3O2. The number of guanidine groups is 1. The van der Waals surface area contributed by atoms with Gasteiger partial charge in [-0.05, 0) is 42.5 Å². The van der Waals surface area contributed by atoms with E-state index < -0.39 is 0 Å². The first kappa shape index (κ1) is 22.5. The van der Waals surface area contributed by atoms with E-state index in [2.05, 4.69) is 46.8 Å². The van der Waals surface area contributed by atoms with Crippen molar-refractivity contribution in [1.82, 2.24) is 10.6 Å². The van der Waals surface area contributed by atoms with Crippen LogP contribution in [0, 0.1) is 0 Å². The fraction of sp³-hybridized carbons (Fsp3) is 0.450. The Balaban J connectivity index is 0.00000338. The molecule has 0 radical (unpaired) electrons. The lowest BCUT2D eigenvalue weighted by Gasteiger charge is -2.12. The van der Waals surface area contributed by atoms with Gasteiger partial charge < -0.3 is 19.8 Å². The summed E-state index contributed by atoms with van der Waals surface area (Å²) in [5.74, 6) is 1.69. The van der Waals surface area contributed by atoms with Crippen molar-refractivity contribution in [2.45, 2.75) is 32.8 Å². The third-order valence-corrected chi connectivity index (χ3v) is 3.94. The Bertz CT molecular complexity index is 612. The molecule has 5 nitrogen and oxygen atoms in total. The van der Waals surface area contributed by atoms with Crippen LogP contribution in [0.3, 0.4) is 0 Å². The number of nitrogens with zero attached hydrogens (tertiary/aromatic N) is 1. The smallest absolute Gasteiger partial charge is 0.190 e. The molecule has 1 aromatic heterocycles. The number of aryl methyl sites for hydroxylation is 1. The molecule has 1 heterocycles. The molecule has 1 aromatic carbocycles. The van der Waals surface area contributed by atoms with E-state index in [0.29, 0.717) is 13.2 Å². The van der Waals surface area contributed by atoms with E-state index in [4.69, 9.17) is 9.15 Å². The van der Waals surface area contributed by atoms with Crippen molar-refractivity contribution < 1.29 is 9.15 Å². The van der Waals surface area contributed by atoms with Gasteiger partial charge in [0.2, 0.25) is 0 Å². The number of aliphatic imine (C=N–C) groups is 1. The average molecular weight is 471 g/mol. The monoisotopic (exact) mass is 471 g/mol. The number of furan rings is 1. The molecule has 0 fully saturated rings. The molecule has 0 aliphatic rings. The van der Waals surface area contributed by atoms with Crippen LogP contribution in [0.2, 0.25) is 0 Å². The molecule has 0 aliphatic carbocycles. The summed E-state index contributed by atoms with van der Waals surface area (Å²) in [5, 5.41) is 6.65. The summed E-state index contributed by atoms with van der Waals surface area (Å²) < 4.78 is 10.8. The van der Waals surface area contributed by atoms with E-state index in [1.807, 2.05) is 12.1 Å². The second-order valence-electron chi connectivity index (χ2n) is 5.83. The number of ether oxygens (including phenoxy) is 1. The van der Waals surface area contributed by atoms with Crippen molar-refractivity contribution in [2.75, 3.05) is 26.7 Å². The summed E-state index contributed by atoms with van der Waals surface area (Å²) in [6, 6.07) is 12.6. The maximum absolute atomic E-state index is 5.56. The van der Waals surface area contributed by atoms with Crippen molar-refractivity contribution in [2.24, 2.45) is 4.99 Å². The van der Waals surface area contributed by atoms with E-state index in [1.165, 1.54) is 11.1 Å². The number of rotatable bonds is 10. The number of nitrogens with one attached hydrogen (secondary N) is 2. The van der Waals surface area contributed by atoms with Crippen molar-refractivity contribution in [1.29, 1.82) is 0 Å². The number of halogens is 1. The Morgan fingerprint density at radius 1 is 1.08 bits per heavy atom. The average Bonchev–Trinajstić information content (AvgIpc) is 3.17. The van der Waals surface area contributed by atoms with Crippen molar-refractivity contribution in [3.63, 3.8) is 0 Å². The lowest BCUT2D eigenvalue weighted by Crippen LogP contribution is -2.39. The number of hydrogen-bond donors (Lipinski definition) is 2. The first-order chi connectivity index (χ1) is 12.3. The van der Waals surface area contributed by atoms with Crippen LogP contribution in [0.25, 0.3) is 0 Å². The van der Waals surface area contributed by atoms with Crippen molar-refractivity contribution in [3.8, 4) is 0 Å². The van der Waals surface area contributed by atoms with Gasteiger partial charge in [-0.15, -0.1) is 24.0 Å². The highest BCUT2D eigenvalue weighted by molar-refractivity contribution is 14.0. The van der Waals surface area contributed by atoms with E-state index >= 15 is 0 Å². The minimum absolute atomic E-state index is 0. The Labute approximate surface area is 173 Å². The van der Waals surface area contributed by atoms with Gasteiger partial charge in [0.25, 0.3) is 0 Å². The predicted molar refractivity (Wildman–Crippen MR) is 117 cm³/mol. The molecule has 6 heteroatoms.